The summed E-state index contributed by atoms with van der Waals surface area (Å²) in [7, 11) is 1.65. The molecule has 6 N–H and O–H groups in total. The SMILES string of the molecule is Cc1ccc(C(CC(=O)O)c2ccc(N(C)N)c(N)c2C)cc1CN1Cc2nc(O)ccc2OC(C(F)(F)F)C1. The Bertz CT molecular complexity index is 1410. The highest BCUT2D eigenvalue weighted by Crippen LogP contribution is 2.38. The standard InChI is InChI=1S/C28H32F3N5O4/c1-15-4-5-17(20(11-26(38)39)19-6-7-22(35(3)33)27(32)16(19)2)10-18(15)12-36-13-21-23(8-9-25(37)34-21)40-24(14-36)28(29,30)31/h4-10,20,24H,11-14,32-33H2,1-3H3,(H,34,37)(H,38,39). The van der Waals surface area contributed by atoms with Gasteiger partial charge in [-0.3, -0.25) is 9.69 Å². The number of aromatic nitrogens is 1. The van der Waals surface area contributed by atoms with Gasteiger partial charge in [-0.15, -0.1) is 0 Å². The van der Waals surface area contributed by atoms with Gasteiger partial charge < -0.3 is 25.7 Å². The summed E-state index contributed by atoms with van der Waals surface area (Å²) in [6.45, 7) is 3.32. The second-order valence-electron chi connectivity index (χ2n) is 10.1. The molecule has 0 saturated carbocycles. The molecule has 0 bridgehead atoms. The van der Waals surface area contributed by atoms with Crippen molar-refractivity contribution in [2.24, 2.45) is 5.84 Å². The van der Waals surface area contributed by atoms with Crippen LogP contribution in [0.1, 0.15) is 45.8 Å². The van der Waals surface area contributed by atoms with Gasteiger partial charge in [-0.25, -0.2) is 10.8 Å². The Morgan fingerprint density at radius 1 is 1.23 bits per heavy atom. The number of aromatic hydroxyl groups is 1. The van der Waals surface area contributed by atoms with Crippen LogP contribution >= 0.6 is 0 Å². The molecule has 0 aliphatic carbocycles. The molecule has 1 aliphatic heterocycles. The number of nitrogens with zero attached hydrogens (tertiary/aromatic N) is 3. The molecule has 2 aromatic carbocycles. The van der Waals surface area contributed by atoms with Crippen LogP contribution in [0.2, 0.25) is 0 Å². The lowest BCUT2D eigenvalue weighted by Crippen LogP contribution is -2.42. The minimum Gasteiger partial charge on any atom is -0.493 e. The summed E-state index contributed by atoms with van der Waals surface area (Å²) < 4.78 is 46.7. The number of nitrogen functional groups attached to an aromatic ring is 1. The Balaban J connectivity index is 1.72. The Morgan fingerprint density at radius 2 is 1.95 bits per heavy atom. The van der Waals surface area contributed by atoms with Crippen LogP contribution in [0.25, 0.3) is 0 Å². The molecule has 1 aromatic heterocycles. The van der Waals surface area contributed by atoms with Gasteiger partial charge in [0.25, 0.3) is 0 Å². The molecule has 0 spiro atoms. The average molecular weight is 560 g/mol. The number of hydrogen-bond donors (Lipinski definition) is 4. The number of alkyl halides is 3. The van der Waals surface area contributed by atoms with Crippen molar-refractivity contribution in [1.29, 1.82) is 0 Å². The molecular weight excluding hydrogens is 527 g/mol. The van der Waals surface area contributed by atoms with Crippen LogP contribution in [0.15, 0.2) is 42.5 Å². The van der Waals surface area contributed by atoms with Crippen LogP contribution in [0.4, 0.5) is 24.5 Å². The number of hydrogen-bond acceptors (Lipinski definition) is 8. The first kappa shape index (κ1) is 29.0. The summed E-state index contributed by atoms with van der Waals surface area (Å²) in [5, 5.41) is 20.9. The van der Waals surface area contributed by atoms with E-state index in [1.165, 1.54) is 17.1 Å². The molecule has 214 valence electrons. The van der Waals surface area contributed by atoms with Crippen molar-refractivity contribution in [3.63, 3.8) is 0 Å². The fraction of sp³-hybridized carbons (Fsp3) is 0.357. The lowest BCUT2D eigenvalue weighted by atomic mass is 9.84. The van der Waals surface area contributed by atoms with Gasteiger partial charge in [0.15, 0.2) is 0 Å². The zero-order valence-corrected chi connectivity index (χ0v) is 22.4. The van der Waals surface area contributed by atoms with Gasteiger partial charge in [0.1, 0.15) is 11.4 Å². The normalized spacial score (nSPS) is 16.5. The Labute approximate surface area is 229 Å². The molecule has 2 heterocycles. The van der Waals surface area contributed by atoms with Crippen molar-refractivity contribution in [1.82, 2.24) is 9.88 Å². The number of carboxylic acids is 1. The summed E-state index contributed by atoms with van der Waals surface area (Å²) in [6, 6.07) is 11.5. The van der Waals surface area contributed by atoms with Crippen LogP contribution in [0, 0.1) is 13.8 Å². The van der Waals surface area contributed by atoms with Crippen molar-refractivity contribution in [3.8, 4) is 11.6 Å². The maximum absolute atomic E-state index is 13.8. The largest absolute Gasteiger partial charge is 0.493 e. The predicted molar refractivity (Wildman–Crippen MR) is 144 cm³/mol. The van der Waals surface area contributed by atoms with Crippen molar-refractivity contribution < 1.29 is 32.9 Å². The van der Waals surface area contributed by atoms with E-state index < -0.39 is 30.7 Å². The number of aliphatic carboxylic acids is 1. The molecule has 2 unspecified atom stereocenters. The Morgan fingerprint density at radius 3 is 2.60 bits per heavy atom. The van der Waals surface area contributed by atoms with E-state index in [-0.39, 0.29) is 36.8 Å². The maximum atomic E-state index is 13.8. The molecule has 0 saturated heterocycles. The number of nitrogens with two attached hydrogens (primary N) is 2. The van der Waals surface area contributed by atoms with Crippen molar-refractivity contribution in [3.05, 3.63) is 76.0 Å². The van der Waals surface area contributed by atoms with Gasteiger partial charge in [0, 0.05) is 38.7 Å². The third-order valence-corrected chi connectivity index (χ3v) is 7.19. The lowest BCUT2D eigenvalue weighted by Gasteiger charge is -2.27. The van der Waals surface area contributed by atoms with Crippen LogP contribution in [-0.2, 0) is 17.9 Å². The third kappa shape index (κ3) is 6.23. The molecule has 40 heavy (non-hydrogen) atoms. The van der Waals surface area contributed by atoms with Crippen molar-refractivity contribution in [2.75, 3.05) is 24.3 Å². The molecule has 0 amide bonds. The van der Waals surface area contributed by atoms with E-state index in [9.17, 15) is 28.2 Å². The van der Waals surface area contributed by atoms with Crippen LogP contribution < -0.4 is 21.3 Å². The summed E-state index contributed by atoms with van der Waals surface area (Å²) in [5.74, 6) is 3.95. The van der Waals surface area contributed by atoms with Gasteiger partial charge in [-0.1, -0.05) is 24.3 Å². The quantitative estimate of drug-likeness (QED) is 0.190. The molecule has 0 fully saturated rings. The number of carboxylic acid groups (broad SMARTS) is 1. The van der Waals surface area contributed by atoms with E-state index in [4.69, 9.17) is 16.3 Å². The van der Waals surface area contributed by atoms with Crippen LogP contribution in [0.3, 0.4) is 0 Å². The van der Waals surface area contributed by atoms with E-state index in [0.717, 1.165) is 11.1 Å². The minimum atomic E-state index is -4.62. The number of hydrazine groups is 1. The summed E-state index contributed by atoms with van der Waals surface area (Å²) in [4.78, 5) is 17.4. The maximum Gasteiger partial charge on any atom is 0.426 e. The molecular formula is C28H32F3N5O4. The van der Waals surface area contributed by atoms with E-state index in [1.54, 1.807) is 31.0 Å². The molecule has 9 nitrogen and oxygen atoms in total. The lowest BCUT2D eigenvalue weighted by molar-refractivity contribution is -0.198. The number of pyridine rings is 1. The molecule has 1 aliphatic rings. The van der Waals surface area contributed by atoms with E-state index in [2.05, 4.69) is 4.98 Å². The topological polar surface area (TPSA) is 138 Å². The molecule has 0 radical (unpaired) electrons. The second-order valence-corrected chi connectivity index (χ2v) is 10.1. The molecule has 2 atom stereocenters. The highest BCUT2D eigenvalue weighted by atomic mass is 19.4. The van der Waals surface area contributed by atoms with Crippen LogP contribution in [0.5, 0.6) is 11.6 Å². The monoisotopic (exact) mass is 559 g/mol. The van der Waals surface area contributed by atoms with E-state index in [1.807, 2.05) is 25.1 Å². The first-order valence-corrected chi connectivity index (χ1v) is 12.6. The van der Waals surface area contributed by atoms with Crippen molar-refractivity contribution in [2.45, 2.75) is 51.6 Å². The number of fused-ring (bicyclic) bond motifs is 1. The minimum absolute atomic E-state index is 0.0161. The predicted octanol–water partition coefficient (Wildman–Crippen LogP) is 4.23. The van der Waals surface area contributed by atoms with Gasteiger partial charge in [0.2, 0.25) is 12.0 Å². The number of halogens is 3. The number of aryl methyl sites for hydroxylation is 1. The van der Waals surface area contributed by atoms with Gasteiger partial charge in [-0.05, 0) is 53.8 Å². The highest BCUT2D eigenvalue weighted by Gasteiger charge is 2.44. The smallest absolute Gasteiger partial charge is 0.426 e. The molecule has 4 rings (SSSR count). The molecule has 3 aromatic rings. The second kappa shape index (κ2) is 11.2. The number of carbonyl (C=O) groups is 1. The van der Waals surface area contributed by atoms with Gasteiger partial charge >= 0.3 is 12.1 Å². The van der Waals surface area contributed by atoms with E-state index >= 15 is 0 Å². The number of anilines is 2. The van der Waals surface area contributed by atoms with Crippen molar-refractivity contribution >= 4 is 17.3 Å². The first-order chi connectivity index (χ1) is 18.7. The number of rotatable bonds is 7. The van der Waals surface area contributed by atoms with Gasteiger partial charge in [0.05, 0.1) is 17.8 Å². The summed E-state index contributed by atoms with van der Waals surface area (Å²) in [6.07, 6.45) is -6.93. The third-order valence-electron chi connectivity index (χ3n) is 7.19. The van der Waals surface area contributed by atoms with Crippen LogP contribution in [-0.4, -0.2) is 51.9 Å². The summed E-state index contributed by atoms with van der Waals surface area (Å²) in [5.41, 5.74) is 11.2. The fourth-order valence-corrected chi connectivity index (χ4v) is 5.01. The average Bonchev–Trinajstić information content (AvgIpc) is 3.04. The first-order valence-electron chi connectivity index (χ1n) is 12.6. The molecule has 12 heteroatoms. The zero-order valence-electron chi connectivity index (χ0n) is 22.4. The number of benzene rings is 2. The Kier molecular flexibility index (Phi) is 8.13. The fourth-order valence-electron chi connectivity index (χ4n) is 5.01. The Hall–Kier alpha value is -4.03. The van der Waals surface area contributed by atoms with Gasteiger partial charge in [-0.2, -0.15) is 13.2 Å². The highest BCUT2D eigenvalue weighted by molar-refractivity contribution is 5.74. The summed E-state index contributed by atoms with van der Waals surface area (Å²) >= 11 is 0. The number of ether oxygens (including phenoxy) is 1. The van der Waals surface area contributed by atoms with E-state index in [0.29, 0.717) is 28.1 Å². The zero-order chi connectivity index (χ0) is 29.4.